The van der Waals surface area contributed by atoms with Crippen molar-refractivity contribution in [3.05, 3.63) is 97.1 Å². The average molecular weight is 691 g/mol. The summed E-state index contributed by atoms with van der Waals surface area (Å²) in [6.07, 6.45) is 6.14. The average Bonchev–Trinajstić information content (AvgIpc) is 3.11. The fraction of sp³-hybridized carbons (Fsp3) is 0.526. The molecular formula is C38H58N4O4Si2. The minimum atomic E-state index is -1.29. The number of hydrogen-bond acceptors (Lipinski definition) is 6. The van der Waals surface area contributed by atoms with E-state index in [1.165, 1.54) is 0 Å². The van der Waals surface area contributed by atoms with Crippen molar-refractivity contribution in [2.45, 2.75) is 88.5 Å². The summed E-state index contributed by atoms with van der Waals surface area (Å²) in [6, 6.07) is 22.3. The lowest BCUT2D eigenvalue weighted by molar-refractivity contribution is -0.187. The first kappa shape index (κ1) is 39.4. The summed E-state index contributed by atoms with van der Waals surface area (Å²) in [4.78, 5) is 8.78. The van der Waals surface area contributed by atoms with Gasteiger partial charge in [-0.15, -0.1) is 18.2 Å². The Morgan fingerprint density at radius 1 is 0.708 bits per heavy atom. The van der Waals surface area contributed by atoms with Crippen molar-refractivity contribution in [2.75, 3.05) is 39.9 Å². The van der Waals surface area contributed by atoms with E-state index < -0.39 is 28.4 Å². The minimum absolute atomic E-state index is 0.128. The van der Waals surface area contributed by atoms with E-state index in [1.807, 2.05) is 48.6 Å². The third-order valence-electron chi connectivity index (χ3n) is 8.45. The maximum absolute atomic E-state index is 10.1. The van der Waals surface area contributed by atoms with Gasteiger partial charge in [-0.2, -0.15) is 5.26 Å². The Morgan fingerprint density at radius 2 is 1.10 bits per heavy atom. The second-order valence-corrected chi connectivity index (χ2v) is 26.1. The molecule has 1 fully saturated rings. The Bertz CT molecular complexity index is 1220. The van der Waals surface area contributed by atoms with Crippen molar-refractivity contribution in [2.24, 2.45) is 4.99 Å². The summed E-state index contributed by atoms with van der Waals surface area (Å²) < 4.78 is 26.0. The van der Waals surface area contributed by atoms with Gasteiger partial charge in [0.25, 0.3) is 0 Å². The summed E-state index contributed by atoms with van der Waals surface area (Å²) in [6.45, 7) is 24.7. The fourth-order valence-corrected chi connectivity index (χ4v) is 7.36. The monoisotopic (exact) mass is 690 g/mol. The molecule has 1 aliphatic rings. The molecule has 4 atom stereocenters. The van der Waals surface area contributed by atoms with Gasteiger partial charge in [-0.1, -0.05) is 112 Å². The lowest BCUT2D eigenvalue weighted by Crippen LogP contribution is -2.53. The molecule has 10 heteroatoms. The molecule has 0 radical (unpaired) electrons. The van der Waals surface area contributed by atoms with Crippen LogP contribution in [0.3, 0.4) is 0 Å². The largest absolute Gasteiger partial charge is 0.356 e. The van der Waals surface area contributed by atoms with E-state index in [1.54, 1.807) is 0 Å². The Kier molecular flexibility index (Phi) is 16.3. The number of rotatable bonds is 20. The van der Waals surface area contributed by atoms with E-state index >= 15 is 0 Å². The van der Waals surface area contributed by atoms with Crippen LogP contribution in [-0.4, -0.2) is 96.1 Å². The molecule has 1 aliphatic heterocycles. The molecule has 0 unspecified atom stereocenters. The highest BCUT2D eigenvalue weighted by Gasteiger charge is 2.47. The van der Waals surface area contributed by atoms with Crippen LogP contribution in [0.15, 0.2) is 91.0 Å². The Hall–Kier alpha value is -3.05. The number of aliphatic imine (C=N–C) groups is 1. The lowest BCUT2D eigenvalue weighted by atomic mass is 9.90. The topological polar surface area (TPSA) is 79.6 Å². The molecule has 3 rings (SSSR count). The van der Waals surface area contributed by atoms with Crippen molar-refractivity contribution < 1.29 is 18.9 Å². The summed E-state index contributed by atoms with van der Waals surface area (Å²) in [5, 5.41) is 10.1. The maximum atomic E-state index is 10.1. The molecule has 0 amide bonds. The molecule has 0 aliphatic carbocycles. The molecule has 8 nitrogen and oxygen atoms in total. The predicted octanol–water partition coefficient (Wildman–Crippen LogP) is 7.43. The minimum Gasteiger partial charge on any atom is -0.356 e. The summed E-state index contributed by atoms with van der Waals surface area (Å²) in [7, 11) is -2.57. The van der Waals surface area contributed by atoms with E-state index in [-0.39, 0.29) is 25.7 Å². The lowest BCUT2D eigenvalue weighted by Gasteiger charge is -2.38. The molecule has 262 valence electrons. The highest BCUT2D eigenvalue weighted by atomic mass is 28.3. The zero-order valence-electron chi connectivity index (χ0n) is 30.1. The quantitative estimate of drug-likeness (QED) is 0.0470. The molecule has 2 aromatic carbocycles. The maximum Gasteiger partial charge on any atom is 0.213 e. The van der Waals surface area contributed by atoms with Gasteiger partial charge in [-0.3, -0.25) is 0 Å². The van der Waals surface area contributed by atoms with Gasteiger partial charge in [0.2, 0.25) is 12.2 Å². The zero-order valence-corrected chi connectivity index (χ0v) is 32.1. The van der Waals surface area contributed by atoms with Crippen molar-refractivity contribution >= 4 is 22.1 Å². The van der Waals surface area contributed by atoms with Crippen LogP contribution in [-0.2, 0) is 31.8 Å². The number of nitrogens with zero attached hydrogens (tertiary/aromatic N) is 4. The molecule has 0 aromatic heterocycles. The van der Waals surface area contributed by atoms with Crippen LogP contribution >= 0.6 is 0 Å². The van der Waals surface area contributed by atoms with Gasteiger partial charge in [0.05, 0.1) is 12.1 Å². The summed E-state index contributed by atoms with van der Waals surface area (Å²) in [5.74, 6) is 0.554. The molecule has 0 saturated carbocycles. The first-order chi connectivity index (χ1) is 23.0. The molecule has 48 heavy (non-hydrogen) atoms. The third-order valence-corrected chi connectivity index (χ3v) is 11.9. The Morgan fingerprint density at radius 3 is 1.44 bits per heavy atom. The smallest absolute Gasteiger partial charge is 0.213 e. The number of ether oxygens (including phenoxy) is 4. The number of hydrogen-bond donors (Lipinski definition) is 0. The molecule has 0 spiro atoms. The SMILES string of the molecule is C=CCN1C(=NC#N)N(CC=C)[C@H](Cc2ccccc2)[C@H](OCOCC[Si](C)(C)C)[C@@H](OCOCC[Si](C)(C)C)[C@H]1Cc1ccccc1. The molecule has 0 N–H and O–H groups in total. The zero-order chi connectivity index (χ0) is 35.0. The van der Waals surface area contributed by atoms with E-state index in [2.05, 4.69) is 97.7 Å². The van der Waals surface area contributed by atoms with Crippen molar-refractivity contribution in [3.8, 4) is 6.19 Å². The second kappa shape index (κ2) is 19.8. The molecule has 0 bridgehead atoms. The number of guanidine groups is 1. The van der Waals surface area contributed by atoms with E-state index in [4.69, 9.17) is 18.9 Å². The van der Waals surface area contributed by atoms with Crippen molar-refractivity contribution in [3.63, 3.8) is 0 Å². The van der Waals surface area contributed by atoms with Gasteiger partial charge in [-0.25, -0.2) is 0 Å². The highest BCUT2D eigenvalue weighted by Crippen LogP contribution is 2.31. The van der Waals surface area contributed by atoms with Crippen LogP contribution in [0.1, 0.15) is 11.1 Å². The van der Waals surface area contributed by atoms with Gasteiger partial charge in [0.1, 0.15) is 25.8 Å². The molecular weight excluding hydrogens is 633 g/mol. The van der Waals surface area contributed by atoms with E-state index in [9.17, 15) is 5.26 Å². The van der Waals surface area contributed by atoms with Crippen LogP contribution < -0.4 is 0 Å². The number of nitriles is 1. The first-order valence-corrected chi connectivity index (χ1v) is 24.6. The van der Waals surface area contributed by atoms with Crippen LogP contribution in [0.2, 0.25) is 51.4 Å². The van der Waals surface area contributed by atoms with E-state index in [0.29, 0.717) is 45.1 Å². The Labute approximate surface area is 292 Å². The Balaban J connectivity index is 2.15. The van der Waals surface area contributed by atoms with Gasteiger partial charge in [0, 0.05) is 42.5 Å². The van der Waals surface area contributed by atoms with E-state index in [0.717, 1.165) is 23.2 Å². The summed E-state index contributed by atoms with van der Waals surface area (Å²) in [5.41, 5.74) is 2.28. The molecule has 1 saturated heterocycles. The normalized spacial score (nSPS) is 20.2. The van der Waals surface area contributed by atoms with Gasteiger partial charge in [0.15, 0.2) is 0 Å². The fourth-order valence-electron chi connectivity index (χ4n) is 5.84. The number of benzene rings is 2. The summed E-state index contributed by atoms with van der Waals surface area (Å²) >= 11 is 0. The van der Waals surface area contributed by atoms with Crippen LogP contribution in [0.25, 0.3) is 0 Å². The van der Waals surface area contributed by atoms with Crippen LogP contribution in [0, 0.1) is 11.5 Å². The van der Waals surface area contributed by atoms with Gasteiger partial charge in [-0.05, 0) is 36.1 Å². The standard InChI is InChI=1S/C38H58N4O4Si2/c1-9-21-41-34(27-32-17-13-11-14-18-32)36(45-30-43-23-25-47(3,4)5)37(46-31-44-24-26-48(6,7)8)35(28-33-19-15-12-16-20-33)42(22-10-2)38(41)40-29-39/h9-20,34-37H,1-2,21-28,30-31H2,3-8H3/t34-,35-,36+,37+/m1/s1. The van der Waals surface area contributed by atoms with Crippen molar-refractivity contribution in [1.29, 1.82) is 5.26 Å². The predicted molar refractivity (Wildman–Crippen MR) is 202 cm³/mol. The molecule has 2 aromatic rings. The first-order valence-electron chi connectivity index (χ1n) is 17.2. The van der Waals surface area contributed by atoms with Crippen LogP contribution in [0.5, 0.6) is 0 Å². The highest BCUT2D eigenvalue weighted by molar-refractivity contribution is 6.76. The van der Waals surface area contributed by atoms with Crippen LogP contribution in [0.4, 0.5) is 0 Å². The van der Waals surface area contributed by atoms with Crippen molar-refractivity contribution in [1.82, 2.24) is 9.80 Å². The van der Waals surface area contributed by atoms with Gasteiger partial charge < -0.3 is 28.7 Å². The third kappa shape index (κ3) is 13.1. The molecule has 1 heterocycles. The van der Waals surface area contributed by atoms with Gasteiger partial charge >= 0.3 is 0 Å². The second-order valence-electron chi connectivity index (χ2n) is 14.8.